The van der Waals surface area contributed by atoms with Crippen LogP contribution in [-0.2, 0) is 0 Å². The number of carbonyl (C=O) groups is 2. The van der Waals surface area contributed by atoms with Crippen molar-refractivity contribution in [3.05, 3.63) is 45.9 Å². The lowest BCUT2D eigenvalue weighted by Crippen LogP contribution is -2.43. The van der Waals surface area contributed by atoms with E-state index in [4.69, 9.17) is 4.43 Å². The van der Waals surface area contributed by atoms with Gasteiger partial charge in [0.15, 0.2) is 0 Å². The molecule has 29 heavy (non-hydrogen) atoms. The van der Waals surface area contributed by atoms with Gasteiger partial charge in [-0.05, 0) is 43.1 Å². The van der Waals surface area contributed by atoms with Crippen LogP contribution in [0.3, 0.4) is 0 Å². The van der Waals surface area contributed by atoms with Gasteiger partial charge in [0.1, 0.15) is 16.5 Å². The van der Waals surface area contributed by atoms with Crippen LogP contribution in [0.15, 0.2) is 29.6 Å². The molecule has 1 aliphatic rings. The number of hydrogen-bond acceptors (Lipinski definition) is 5. The highest BCUT2D eigenvalue weighted by molar-refractivity contribution is 7.10. The van der Waals surface area contributed by atoms with Gasteiger partial charge in [0.2, 0.25) is 14.1 Å². The summed E-state index contributed by atoms with van der Waals surface area (Å²) >= 11 is 1.35. The third-order valence-electron chi connectivity index (χ3n) is 5.81. The minimum atomic E-state index is -2.00. The Morgan fingerprint density at radius 3 is 2.69 bits per heavy atom. The normalized spacial score (nSPS) is 17.4. The number of likely N-dealkylation sites (tertiary alicyclic amines) is 1. The third kappa shape index (κ3) is 4.53. The molecule has 0 bridgehead atoms. The number of hydrogen-bond donors (Lipinski definition) is 1. The van der Waals surface area contributed by atoms with Gasteiger partial charge in [0, 0.05) is 17.5 Å². The van der Waals surface area contributed by atoms with E-state index in [0.717, 1.165) is 12.8 Å². The van der Waals surface area contributed by atoms with Crippen molar-refractivity contribution in [3.63, 3.8) is 0 Å². The van der Waals surface area contributed by atoms with Gasteiger partial charge in [0.25, 0.3) is 0 Å². The molecule has 1 aliphatic heterocycles. The zero-order valence-electron chi connectivity index (χ0n) is 17.6. The highest BCUT2D eigenvalue weighted by Gasteiger charge is 2.39. The van der Waals surface area contributed by atoms with Crippen LogP contribution in [0.2, 0.25) is 18.1 Å². The number of amides is 1. The van der Waals surface area contributed by atoms with E-state index in [9.17, 15) is 14.7 Å². The first-order valence-corrected chi connectivity index (χ1v) is 13.6. The maximum atomic E-state index is 13.0. The van der Waals surface area contributed by atoms with E-state index in [1.165, 1.54) is 16.2 Å². The quantitative estimate of drug-likeness (QED) is 0.493. The number of rotatable bonds is 5. The molecule has 1 saturated heterocycles. The predicted octanol–water partition coefficient (Wildman–Crippen LogP) is 5.57. The number of carbonyl (C=O) groups excluding carboxylic acids is 1. The molecule has 156 valence electrons. The van der Waals surface area contributed by atoms with E-state index in [1.54, 1.807) is 17.5 Å². The number of benzene rings is 1. The molecule has 1 atom stereocenters. The first kappa shape index (κ1) is 21.5. The maximum absolute atomic E-state index is 13.0. The lowest BCUT2D eigenvalue weighted by Gasteiger charge is -2.36. The van der Waals surface area contributed by atoms with Crippen molar-refractivity contribution in [1.29, 1.82) is 0 Å². The maximum Gasteiger partial charge on any atom is 0.407 e. The molecule has 0 aliphatic carbocycles. The van der Waals surface area contributed by atoms with Crippen molar-refractivity contribution in [2.75, 3.05) is 6.54 Å². The molecule has 0 spiro atoms. The third-order valence-corrected chi connectivity index (χ3v) is 11.1. The molecule has 2 heterocycles. The fourth-order valence-corrected chi connectivity index (χ4v) is 5.06. The summed E-state index contributed by atoms with van der Waals surface area (Å²) in [6.45, 7) is 11.4. The Kier molecular flexibility index (Phi) is 5.87. The second-order valence-corrected chi connectivity index (χ2v) is 14.5. The van der Waals surface area contributed by atoms with E-state index in [0.29, 0.717) is 28.6 Å². The summed E-state index contributed by atoms with van der Waals surface area (Å²) in [6.07, 6.45) is 0.613. The monoisotopic (exact) mass is 432 g/mol. The minimum absolute atomic E-state index is 0.0636. The van der Waals surface area contributed by atoms with E-state index in [2.05, 4.69) is 38.8 Å². The second-order valence-electron chi connectivity index (χ2n) is 8.92. The Balaban J connectivity index is 1.80. The molecule has 3 rings (SSSR count). The molecule has 1 amide bonds. The molecule has 6 nitrogen and oxygen atoms in total. The molecule has 0 saturated carbocycles. The topological polar surface area (TPSA) is 79.7 Å². The SMILES string of the molecule is CC(C)(C)[Si](C)(C)Oc1cccc(C(=O)c2csc(C3CCCN3C(=O)O)n2)c1. The number of aromatic nitrogens is 1. The lowest BCUT2D eigenvalue weighted by atomic mass is 10.1. The van der Waals surface area contributed by atoms with E-state index < -0.39 is 14.4 Å². The molecular formula is C21H28N2O4SSi. The summed E-state index contributed by atoms with van der Waals surface area (Å²) in [7, 11) is -2.00. The second kappa shape index (κ2) is 7.91. The largest absolute Gasteiger partial charge is 0.543 e. The lowest BCUT2D eigenvalue weighted by molar-refractivity contribution is 0.103. The zero-order valence-corrected chi connectivity index (χ0v) is 19.4. The molecular weight excluding hydrogens is 404 g/mol. The van der Waals surface area contributed by atoms with Gasteiger partial charge >= 0.3 is 6.09 Å². The van der Waals surface area contributed by atoms with Crippen molar-refractivity contribution < 1.29 is 19.1 Å². The zero-order chi connectivity index (χ0) is 21.4. The highest BCUT2D eigenvalue weighted by atomic mass is 32.1. The molecule has 2 aromatic rings. The molecule has 8 heteroatoms. The molecule has 1 N–H and O–H groups in total. The Morgan fingerprint density at radius 1 is 1.31 bits per heavy atom. The number of thiazole rings is 1. The highest BCUT2D eigenvalue weighted by Crippen LogP contribution is 2.38. The standard InChI is InChI=1S/C21H28N2O4SSi/c1-21(2,3)29(4,5)27-15-9-6-8-14(12-15)18(24)16-13-28-19(22-16)17-10-7-11-23(17)20(25)26/h6,8-9,12-13,17H,7,10-11H2,1-5H3,(H,25,26). The average molecular weight is 433 g/mol. The summed E-state index contributed by atoms with van der Waals surface area (Å²) < 4.78 is 6.32. The summed E-state index contributed by atoms with van der Waals surface area (Å²) in [6, 6.07) is 6.99. The smallest absolute Gasteiger partial charge is 0.407 e. The Bertz CT molecular complexity index is 919. The van der Waals surface area contributed by atoms with Crippen molar-refractivity contribution in [2.24, 2.45) is 0 Å². The Morgan fingerprint density at radius 2 is 2.03 bits per heavy atom. The number of nitrogens with zero attached hydrogens (tertiary/aromatic N) is 2. The van der Waals surface area contributed by atoms with Crippen molar-refractivity contribution >= 4 is 31.5 Å². The minimum Gasteiger partial charge on any atom is -0.543 e. The van der Waals surface area contributed by atoms with Crippen LogP contribution in [0, 0.1) is 0 Å². The number of ketones is 1. The summed E-state index contributed by atoms with van der Waals surface area (Å²) in [5, 5.41) is 11.8. The summed E-state index contributed by atoms with van der Waals surface area (Å²) in [5.74, 6) is 0.527. The number of carboxylic acid groups (broad SMARTS) is 1. The summed E-state index contributed by atoms with van der Waals surface area (Å²) in [4.78, 5) is 30.2. The van der Waals surface area contributed by atoms with E-state index in [-0.39, 0.29) is 16.9 Å². The molecule has 1 unspecified atom stereocenters. The van der Waals surface area contributed by atoms with E-state index >= 15 is 0 Å². The molecule has 1 aromatic carbocycles. The fraction of sp³-hybridized carbons (Fsp3) is 0.476. The van der Waals surface area contributed by atoms with Crippen molar-refractivity contribution in [2.45, 2.75) is 57.8 Å². The van der Waals surface area contributed by atoms with Crippen LogP contribution in [-0.4, -0.2) is 41.7 Å². The van der Waals surface area contributed by atoms with Gasteiger partial charge in [-0.1, -0.05) is 32.9 Å². The van der Waals surface area contributed by atoms with Crippen LogP contribution >= 0.6 is 11.3 Å². The van der Waals surface area contributed by atoms with Crippen molar-refractivity contribution in [3.8, 4) is 5.75 Å². The fourth-order valence-electron chi connectivity index (χ4n) is 3.09. The van der Waals surface area contributed by atoms with Crippen LogP contribution < -0.4 is 4.43 Å². The van der Waals surface area contributed by atoms with Gasteiger partial charge in [-0.3, -0.25) is 9.69 Å². The van der Waals surface area contributed by atoms with Crippen LogP contribution in [0.5, 0.6) is 5.75 Å². The molecule has 1 fully saturated rings. The predicted molar refractivity (Wildman–Crippen MR) is 117 cm³/mol. The van der Waals surface area contributed by atoms with Gasteiger partial charge in [-0.15, -0.1) is 11.3 Å². The molecule has 0 radical (unpaired) electrons. The van der Waals surface area contributed by atoms with Crippen LogP contribution in [0.25, 0.3) is 0 Å². The Hall–Kier alpha value is -2.19. The van der Waals surface area contributed by atoms with Gasteiger partial charge in [0.05, 0.1) is 6.04 Å². The summed E-state index contributed by atoms with van der Waals surface area (Å²) in [5.41, 5.74) is 0.881. The Labute approximate surface area is 176 Å². The van der Waals surface area contributed by atoms with Crippen LogP contribution in [0.4, 0.5) is 4.79 Å². The average Bonchev–Trinajstić information content (AvgIpc) is 3.29. The molecule has 1 aromatic heterocycles. The van der Waals surface area contributed by atoms with E-state index in [1.807, 2.05) is 12.1 Å². The van der Waals surface area contributed by atoms with Crippen LogP contribution in [0.1, 0.15) is 60.7 Å². The van der Waals surface area contributed by atoms with Crippen molar-refractivity contribution in [1.82, 2.24) is 9.88 Å². The van der Waals surface area contributed by atoms with Gasteiger partial charge < -0.3 is 9.53 Å². The first-order valence-electron chi connectivity index (χ1n) is 9.78. The van der Waals surface area contributed by atoms with Gasteiger partial charge in [-0.2, -0.15) is 0 Å². The van der Waals surface area contributed by atoms with Gasteiger partial charge in [-0.25, -0.2) is 9.78 Å². The first-order chi connectivity index (χ1) is 13.5.